The van der Waals surface area contributed by atoms with Gasteiger partial charge in [-0.1, -0.05) is 11.3 Å². The molecule has 0 amide bonds. The second kappa shape index (κ2) is 5.69. The largest absolute Gasteiger partial charge is 0.416 e. The van der Waals surface area contributed by atoms with Crippen molar-refractivity contribution in [2.75, 3.05) is 0 Å². The van der Waals surface area contributed by atoms with Crippen molar-refractivity contribution < 1.29 is 21.6 Å². The molecule has 0 aliphatic rings. The number of benzene rings is 1. The number of nitrogens with zero attached hydrogens (tertiary/aromatic N) is 3. The van der Waals surface area contributed by atoms with E-state index in [1.54, 1.807) is 0 Å². The molecule has 0 saturated carbocycles. The van der Waals surface area contributed by atoms with Crippen LogP contribution in [0.15, 0.2) is 46.8 Å². The first-order valence-corrected chi connectivity index (χ1v) is 8.74. The van der Waals surface area contributed by atoms with Gasteiger partial charge >= 0.3 is 6.18 Å². The van der Waals surface area contributed by atoms with Crippen LogP contribution in [0.1, 0.15) is 5.56 Å². The molecule has 0 unspecified atom stereocenters. The smallest absolute Gasteiger partial charge is 0.224 e. The van der Waals surface area contributed by atoms with Crippen molar-refractivity contribution in [2.45, 2.75) is 10.4 Å². The van der Waals surface area contributed by atoms with E-state index in [1.807, 2.05) is 0 Å². The van der Waals surface area contributed by atoms with Crippen molar-refractivity contribution >= 4 is 21.4 Å². The Morgan fingerprint density at radius 3 is 2.54 bits per heavy atom. The molecule has 0 aliphatic heterocycles. The molecule has 0 atom stereocenters. The van der Waals surface area contributed by atoms with Crippen molar-refractivity contribution in [3.05, 3.63) is 48.2 Å². The molecule has 2 N–H and O–H groups in total. The van der Waals surface area contributed by atoms with Gasteiger partial charge in [0.25, 0.3) is 0 Å². The van der Waals surface area contributed by atoms with Gasteiger partial charge in [-0.2, -0.15) is 13.2 Å². The summed E-state index contributed by atoms with van der Waals surface area (Å²) in [6, 6.07) is 7.47. The molecule has 11 heteroatoms. The van der Waals surface area contributed by atoms with Crippen LogP contribution < -0.4 is 5.14 Å². The van der Waals surface area contributed by atoms with Crippen molar-refractivity contribution in [2.24, 2.45) is 5.14 Å². The van der Waals surface area contributed by atoms with Crippen LogP contribution in [-0.4, -0.2) is 23.4 Å². The van der Waals surface area contributed by atoms with E-state index in [9.17, 15) is 21.6 Å². The molecule has 6 nitrogen and oxygen atoms in total. The van der Waals surface area contributed by atoms with Gasteiger partial charge in [0, 0.05) is 0 Å². The lowest BCUT2D eigenvalue weighted by Crippen LogP contribution is -2.09. The van der Waals surface area contributed by atoms with Crippen molar-refractivity contribution in [1.29, 1.82) is 0 Å². The molecule has 0 fully saturated rings. The number of rotatable bonds is 3. The minimum Gasteiger partial charge on any atom is -0.224 e. The van der Waals surface area contributed by atoms with Gasteiger partial charge in [0.05, 0.1) is 22.3 Å². The summed E-state index contributed by atoms with van der Waals surface area (Å²) in [4.78, 5) is 0.484. The molecule has 0 aliphatic carbocycles. The Hall–Kier alpha value is -2.24. The summed E-state index contributed by atoms with van der Waals surface area (Å²) in [6.45, 7) is 0. The third-order valence-electron chi connectivity index (χ3n) is 3.05. The highest BCUT2D eigenvalue weighted by Gasteiger charge is 2.30. The topological polar surface area (TPSA) is 90.9 Å². The average molecular weight is 374 g/mol. The van der Waals surface area contributed by atoms with E-state index >= 15 is 0 Å². The van der Waals surface area contributed by atoms with Gasteiger partial charge in [0.1, 0.15) is 9.90 Å². The number of primary sulfonamides is 1. The Kier molecular flexibility index (Phi) is 3.94. The number of sulfonamides is 1. The minimum atomic E-state index is -4.46. The Bertz CT molecular complexity index is 993. The summed E-state index contributed by atoms with van der Waals surface area (Å²) in [5, 5.41) is 12.7. The maximum Gasteiger partial charge on any atom is 0.416 e. The van der Waals surface area contributed by atoms with Gasteiger partial charge in [0.15, 0.2) is 0 Å². The van der Waals surface area contributed by atoms with Crippen LogP contribution in [-0.2, 0) is 16.2 Å². The van der Waals surface area contributed by atoms with E-state index < -0.39 is 21.8 Å². The van der Waals surface area contributed by atoms with Crippen molar-refractivity contribution in [1.82, 2.24) is 15.0 Å². The molecule has 3 aromatic rings. The zero-order valence-electron chi connectivity index (χ0n) is 11.7. The van der Waals surface area contributed by atoms with Crippen LogP contribution in [0, 0.1) is 0 Å². The number of hydrogen-bond donors (Lipinski definition) is 1. The average Bonchev–Trinajstić information content (AvgIpc) is 3.15. The molecule has 0 radical (unpaired) electrons. The first-order chi connectivity index (χ1) is 11.1. The maximum atomic E-state index is 12.8. The molecule has 0 saturated heterocycles. The predicted octanol–water partition coefficient (Wildman–Crippen LogP) is 2.66. The molecule has 3 rings (SSSR count). The van der Waals surface area contributed by atoms with E-state index in [-0.39, 0.29) is 9.90 Å². The molecule has 1 aromatic carbocycles. The number of hydrogen-bond acceptors (Lipinski definition) is 5. The summed E-state index contributed by atoms with van der Waals surface area (Å²) in [6.07, 6.45) is -3.05. The van der Waals surface area contributed by atoms with E-state index in [0.717, 1.165) is 23.5 Å². The quantitative estimate of drug-likeness (QED) is 0.763. The number of alkyl halides is 3. The van der Waals surface area contributed by atoms with E-state index in [0.29, 0.717) is 10.6 Å². The molecule has 2 heterocycles. The van der Waals surface area contributed by atoms with Crippen molar-refractivity contribution in [3.8, 4) is 16.3 Å². The fourth-order valence-corrected chi connectivity index (χ4v) is 3.62. The molecule has 0 spiro atoms. The van der Waals surface area contributed by atoms with Crippen LogP contribution >= 0.6 is 11.3 Å². The second-order valence-electron chi connectivity index (χ2n) is 4.76. The number of nitrogens with two attached hydrogens (primary N) is 1. The lowest BCUT2D eigenvalue weighted by Gasteiger charge is -2.07. The van der Waals surface area contributed by atoms with Crippen LogP contribution in [0.5, 0.6) is 0 Å². The SMILES string of the molecule is NS(=O)(=O)c1ccc(-c2cn(-c3cccc(C(F)(F)F)c3)nn2)s1. The van der Waals surface area contributed by atoms with Crippen LogP contribution in [0.2, 0.25) is 0 Å². The monoisotopic (exact) mass is 374 g/mol. The lowest BCUT2D eigenvalue weighted by atomic mass is 10.2. The number of aromatic nitrogens is 3. The fourth-order valence-electron chi connectivity index (χ4n) is 1.94. The summed E-state index contributed by atoms with van der Waals surface area (Å²) >= 11 is 0.900. The zero-order valence-corrected chi connectivity index (χ0v) is 13.4. The summed E-state index contributed by atoms with van der Waals surface area (Å²) in [5.41, 5.74) is -0.288. The molecule has 2 aromatic heterocycles. The standard InChI is InChI=1S/C13H9F3N4O2S2/c14-13(15,16)8-2-1-3-9(6-8)20-7-10(18-19-20)11-4-5-12(23-11)24(17,21)22/h1-7H,(H2,17,21,22). The highest BCUT2D eigenvalue weighted by molar-refractivity contribution is 7.91. The Balaban J connectivity index is 1.96. The highest BCUT2D eigenvalue weighted by atomic mass is 32.2. The van der Waals surface area contributed by atoms with Gasteiger partial charge in [-0.15, -0.1) is 16.4 Å². The molecule has 0 bridgehead atoms. The minimum absolute atomic E-state index is 0.0360. The van der Waals surface area contributed by atoms with Crippen LogP contribution in [0.3, 0.4) is 0 Å². The predicted molar refractivity (Wildman–Crippen MR) is 81.0 cm³/mol. The third-order valence-corrected chi connectivity index (χ3v) is 5.59. The summed E-state index contributed by atoms with van der Waals surface area (Å²) < 4.78 is 62.0. The van der Waals surface area contributed by atoms with E-state index in [4.69, 9.17) is 5.14 Å². The van der Waals surface area contributed by atoms with Gasteiger partial charge in [0.2, 0.25) is 10.0 Å². The van der Waals surface area contributed by atoms with Gasteiger partial charge in [-0.3, -0.25) is 0 Å². The number of thiophene rings is 1. The highest BCUT2D eigenvalue weighted by Crippen LogP contribution is 2.31. The van der Waals surface area contributed by atoms with Crippen molar-refractivity contribution in [3.63, 3.8) is 0 Å². The van der Waals surface area contributed by atoms with E-state index in [2.05, 4.69) is 10.3 Å². The zero-order chi connectivity index (χ0) is 17.5. The van der Waals surface area contributed by atoms with Gasteiger partial charge in [-0.05, 0) is 30.3 Å². The third kappa shape index (κ3) is 3.32. The van der Waals surface area contributed by atoms with Gasteiger partial charge in [-0.25, -0.2) is 18.2 Å². The lowest BCUT2D eigenvalue weighted by molar-refractivity contribution is -0.137. The molecule has 126 valence electrons. The van der Waals surface area contributed by atoms with Crippen LogP contribution in [0.4, 0.5) is 13.2 Å². The number of halogens is 3. The maximum absolute atomic E-state index is 12.8. The second-order valence-corrected chi connectivity index (χ2v) is 7.63. The fraction of sp³-hybridized carbons (Fsp3) is 0.0769. The first kappa shape index (κ1) is 16.6. The molecule has 24 heavy (non-hydrogen) atoms. The Labute approximate surface area is 138 Å². The molecular formula is C13H9F3N4O2S2. The summed E-state index contributed by atoms with van der Waals surface area (Å²) in [5.74, 6) is 0. The Morgan fingerprint density at radius 1 is 1.17 bits per heavy atom. The normalized spacial score (nSPS) is 12.5. The van der Waals surface area contributed by atoms with Crippen LogP contribution in [0.25, 0.3) is 16.3 Å². The summed E-state index contributed by atoms with van der Waals surface area (Å²) in [7, 11) is -3.82. The molecular weight excluding hydrogens is 365 g/mol. The Morgan fingerprint density at radius 2 is 1.92 bits per heavy atom. The van der Waals surface area contributed by atoms with Gasteiger partial charge < -0.3 is 0 Å². The first-order valence-electron chi connectivity index (χ1n) is 6.37. The van der Waals surface area contributed by atoms with E-state index in [1.165, 1.54) is 35.1 Å².